The first kappa shape index (κ1) is 11.2. The SMILES string of the molecule is COc1ccc2c(c1OC)CN(C)CC2O. The predicted octanol–water partition coefficient (Wildman–Crippen LogP) is 1.18. The number of hydrogen-bond acceptors (Lipinski definition) is 4. The third-order valence-corrected chi connectivity index (χ3v) is 2.96. The second kappa shape index (κ2) is 4.31. The van der Waals surface area contributed by atoms with Crippen molar-refractivity contribution in [2.75, 3.05) is 27.8 Å². The first-order valence-electron chi connectivity index (χ1n) is 5.27. The molecule has 1 aliphatic heterocycles. The molecule has 0 bridgehead atoms. The van der Waals surface area contributed by atoms with Crippen molar-refractivity contribution in [1.29, 1.82) is 0 Å². The zero-order chi connectivity index (χ0) is 11.7. The maximum atomic E-state index is 9.98. The van der Waals surface area contributed by atoms with Crippen LogP contribution in [0.2, 0.25) is 0 Å². The number of fused-ring (bicyclic) bond motifs is 1. The number of benzene rings is 1. The van der Waals surface area contributed by atoms with Crippen LogP contribution in [0.15, 0.2) is 12.1 Å². The van der Waals surface area contributed by atoms with E-state index in [9.17, 15) is 5.11 Å². The van der Waals surface area contributed by atoms with E-state index >= 15 is 0 Å². The Morgan fingerprint density at radius 2 is 2.06 bits per heavy atom. The normalized spacial score (nSPS) is 20.4. The van der Waals surface area contributed by atoms with Crippen LogP contribution in [0.3, 0.4) is 0 Å². The number of methoxy groups -OCH3 is 2. The van der Waals surface area contributed by atoms with Crippen molar-refractivity contribution in [3.63, 3.8) is 0 Å². The molecule has 1 unspecified atom stereocenters. The molecule has 0 aromatic heterocycles. The minimum absolute atomic E-state index is 0.450. The number of aliphatic hydroxyl groups is 1. The fourth-order valence-electron chi connectivity index (χ4n) is 2.21. The molecule has 1 N–H and O–H groups in total. The molecule has 88 valence electrons. The van der Waals surface area contributed by atoms with Crippen LogP contribution in [0.4, 0.5) is 0 Å². The Hall–Kier alpha value is -1.26. The number of nitrogens with zero attached hydrogens (tertiary/aromatic N) is 1. The van der Waals surface area contributed by atoms with Gasteiger partial charge in [0, 0.05) is 18.7 Å². The third kappa shape index (κ3) is 1.74. The molecule has 2 rings (SSSR count). The molecule has 0 saturated heterocycles. The van der Waals surface area contributed by atoms with Crippen LogP contribution in [0.1, 0.15) is 17.2 Å². The van der Waals surface area contributed by atoms with Crippen LogP contribution in [-0.4, -0.2) is 37.8 Å². The second-order valence-electron chi connectivity index (χ2n) is 4.08. The van der Waals surface area contributed by atoms with E-state index in [2.05, 4.69) is 4.90 Å². The Morgan fingerprint density at radius 3 is 2.69 bits per heavy atom. The smallest absolute Gasteiger partial charge is 0.165 e. The minimum atomic E-state index is -0.450. The van der Waals surface area contributed by atoms with Crippen molar-refractivity contribution in [3.8, 4) is 11.5 Å². The number of β-amino-alcohol motifs (C(OH)–C–C–N with tert-alkyl or cyclic N) is 1. The van der Waals surface area contributed by atoms with Gasteiger partial charge in [0.05, 0.1) is 20.3 Å². The van der Waals surface area contributed by atoms with Crippen LogP contribution in [-0.2, 0) is 6.54 Å². The fourth-order valence-corrected chi connectivity index (χ4v) is 2.21. The van der Waals surface area contributed by atoms with E-state index in [4.69, 9.17) is 9.47 Å². The summed E-state index contributed by atoms with van der Waals surface area (Å²) in [5.74, 6) is 1.44. The van der Waals surface area contributed by atoms with Gasteiger partial charge in [0.1, 0.15) is 0 Å². The molecule has 0 fully saturated rings. The summed E-state index contributed by atoms with van der Waals surface area (Å²) in [6.45, 7) is 1.43. The first-order chi connectivity index (χ1) is 7.67. The van der Waals surface area contributed by atoms with Crippen LogP contribution in [0, 0.1) is 0 Å². The lowest BCUT2D eigenvalue weighted by atomic mass is 9.96. The topological polar surface area (TPSA) is 41.9 Å². The zero-order valence-electron chi connectivity index (χ0n) is 9.86. The summed E-state index contributed by atoms with van der Waals surface area (Å²) in [7, 11) is 5.22. The van der Waals surface area contributed by atoms with Gasteiger partial charge in [-0.15, -0.1) is 0 Å². The lowest BCUT2D eigenvalue weighted by Gasteiger charge is -2.30. The van der Waals surface area contributed by atoms with Gasteiger partial charge in [-0.25, -0.2) is 0 Å². The molecule has 0 aliphatic carbocycles. The largest absolute Gasteiger partial charge is 0.493 e. The van der Waals surface area contributed by atoms with Gasteiger partial charge in [0.15, 0.2) is 11.5 Å². The molecule has 4 heteroatoms. The summed E-state index contributed by atoms with van der Waals surface area (Å²) in [6.07, 6.45) is -0.450. The number of hydrogen-bond donors (Lipinski definition) is 1. The fraction of sp³-hybridized carbons (Fsp3) is 0.500. The molecule has 0 amide bonds. The van der Waals surface area contributed by atoms with Crippen molar-refractivity contribution in [2.45, 2.75) is 12.6 Å². The van der Waals surface area contributed by atoms with Crippen molar-refractivity contribution < 1.29 is 14.6 Å². The van der Waals surface area contributed by atoms with E-state index in [1.807, 2.05) is 19.2 Å². The Kier molecular flexibility index (Phi) is 3.03. The summed E-state index contributed by atoms with van der Waals surface area (Å²) in [6, 6.07) is 3.75. The van der Waals surface area contributed by atoms with Gasteiger partial charge in [-0.05, 0) is 18.7 Å². The average Bonchev–Trinajstić information content (AvgIpc) is 2.27. The highest BCUT2D eigenvalue weighted by Gasteiger charge is 2.26. The summed E-state index contributed by atoms with van der Waals surface area (Å²) in [5, 5.41) is 9.98. The third-order valence-electron chi connectivity index (χ3n) is 2.96. The molecule has 16 heavy (non-hydrogen) atoms. The van der Waals surface area contributed by atoms with Gasteiger partial charge >= 0.3 is 0 Å². The number of likely N-dealkylation sites (N-methyl/N-ethyl adjacent to an activating group) is 1. The maximum absolute atomic E-state index is 9.98. The van der Waals surface area contributed by atoms with Crippen molar-refractivity contribution in [3.05, 3.63) is 23.3 Å². The molecule has 1 heterocycles. The van der Waals surface area contributed by atoms with Crippen LogP contribution >= 0.6 is 0 Å². The van der Waals surface area contributed by atoms with Gasteiger partial charge in [-0.3, -0.25) is 4.90 Å². The zero-order valence-corrected chi connectivity index (χ0v) is 9.86. The van der Waals surface area contributed by atoms with Gasteiger partial charge in [0.2, 0.25) is 0 Å². The summed E-state index contributed by atoms with van der Waals surface area (Å²) in [4.78, 5) is 2.06. The van der Waals surface area contributed by atoms with Gasteiger partial charge in [-0.1, -0.05) is 6.07 Å². The number of aliphatic hydroxyl groups excluding tert-OH is 1. The summed E-state index contributed by atoms with van der Waals surface area (Å²) in [5.41, 5.74) is 1.96. The van der Waals surface area contributed by atoms with E-state index in [1.54, 1.807) is 14.2 Å². The van der Waals surface area contributed by atoms with E-state index in [-0.39, 0.29) is 0 Å². The lowest BCUT2D eigenvalue weighted by Crippen LogP contribution is -2.30. The molecule has 0 radical (unpaired) electrons. The van der Waals surface area contributed by atoms with Crippen molar-refractivity contribution in [2.24, 2.45) is 0 Å². The quantitative estimate of drug-likeness (QED) is 0.817. The van der Waals surface area contributed by atoms with Gasteiger partial charge in [-0.2, -0.15) is 0 Å². The van der Waals surface area contributed by atoms with E-state index in [0.29, 0.717) is 12.3 Å². The average molecular weight is 223 g/mol. The lowest BCUT2D eigenvalue weighted by molar-refractivity contribution is 0.106. The maximum Gasteiger partial charge on any atom is 0.165 e. The van der Waals surface area contributed by atoms with Crippen molar-refractivity contribution >= 4 is 0 Å². The van der Waals surface area contributed by atoms with E-state index in [1.165, 1.54) is 0 Å². The molecule has 1 aliphatic rings. The van der Waals surface area contributed by atoms with E-state index < -0.39 is 6.10 Å². The summed E-state index contributed by atoms with van der Waals surface area (Å²) < 4.78 is 10.6. The number of ether oxygens (including phenoxy) is 2. The molecule has 4 nitrogen and oxygen atoms in total. The highest BCUT2D eigenvalue weighted by Crippen LogP contribution is 2.38. The Bertz CT molecular complexity index is 392. The van der Waals surface area contributed by atoms with Gasteiger partial charge in [0.25, 0.3) is 0 Å². The molecule has 1 atom stereocenters. The highest BCUT2D eigenvalue weighted by molar-refractivity contribution is 5.52. The molecule has 1 aromatic carbocycles. The van der Waals surface area contributed by atoms with Crippen LogP contribution in [0.5, 0.6) is 11.5 Å². The standard InChI is InChI=1S/C12H17NO3/c1-13-6-9-8(10(14)7-13)4-5-11(15-2)12(9)16-3/h4-5,10,14H,6-7H2,1-3H3. The molecular weight excluding hydrogens is 206 g/mol. The second-order valence-corrected chi connectivity index (χ2v) is 4.08. The molecule has 0 saturated carbocycles. The highest BCUT2D eigenvalue weighted by atomic mass is 16.5. The first-order valence-corrected chi connectivity index (χ1v) is 5.27. The van der Waals surface area contributed by atoms with Gasteiger partial charge < -0.3 is 14.6 Å². The Labute approximate surface area is 95.4 Å². The molecule has 1 aromatic rings. The summed E-state index contributed by atoms with van der Waals surface area (Å²) >= 11 is 0. The van der Waals surface area contributed by atoms with Crippen LogP contribution < -0.4 is 9.47 Å². The van der Waals surface area contributed by atoms with E-state index in [0.717, 1.165) is 23.4 Å². The molecule has 0 spiro atoms. The van der Waals surface area contributed by atoms with Crippen molar-refractivity contribution in [1.82, 2.24) is 4.90 Å². The molecular formula is C12H17NO3. The van der Waals surface area contributed by atoms with Crippen LogP contribution in [0.25, 0.3) is 0 Å². The number of rotatable bonds is 2. The Balaban J connectivity index is 2.53. The monoisotopic (exact) mass is 223 g/mol. The predicted molar refractivity (Wildman–Crippen MR) is 60.8 cm³/mol. The minimum Gasteiger partial charge on any atom is -0.493 e. The Morgan fingerprint density at radius 1 is 1.31 bits per heavy atom.